The van der Waals surface area contributed by atoms with Crippen LogP contribution in [0.5, 0.6) is 0 Å². The fourth-order valence-electron chi connectivity index (χ4n) is 2.07. The molecular weight excluding hydrogens is 209 g/mol. The highest BCUT2D eigenvalue weighted by atomic mass is 19.1. The lowest BCUT2D eigenvalue weighted by atomic mass is 9.81. The van der Waals surface area contributed by atoms with E-state index in [0.717, 1.165) is 12.8 Å². The molecule has 0 unspecified atom stereocenters. The number of anilines is 1. The van der Waals surface area contributed by atoms with Crippen molar-refractivity contribution in [1.29, 1.82) is 0 Å². The molecule has 1 aliphatic rings. The number of rotatable bonds is 3. The van der Waals surface area contributed by atoms with Gasteiger partial charge in [-0.2, -0.15) is 0 Å². The lowest BCUT2D eigenvalue weighted by Gasteiger charge is -2.34. The van der Waals surface area contributed by atoms with E-state index in [2.05, 4.69) is 12.2 Å². The summed E-state index contributed by atoms with van der Waals surface area (Å²) in [7, 11) is 0. The molecule has 3 nitrogen and oxygen atoms in total. The molecule has 0 bridgehead atoms. The molecule has 0 atom stereocenters. The molecule has 86 valence electrons. The highest BCUT2D eigenvalue weighted by Gasteiger charge is 2.27. The summed E-state index contributed by atoms with van der Waals surface area (Å²) < 4.78 is 13.5. The van der Waals surface area contributed by atoms with E-state index in [4.69, 9.17) is 5.11 Å². The number of aromatic carboxylic acids is 1. The first-order chi connectivity index (χ1) is 7.58. The molecule has 1 aliphatic carbocycles. The molecule has 0 aliphatic heterocycles. The second-order valence-electron chi connectivity index (χ2n) is 4.39. The van der Waals surface area contributed by atoms with Gasteiger partial charge in [0.1, 0.15) is 5.82 Å². The third kappa shape index (κ3) is 2.01. The van der Waals surface area contributed by atoms with E-state index >= 15 is 0 Å². The van der Waals surface area contributed by atoms with Gasteiger partial charge >= 0.3 is 5.97 Å². The van der Waals surface area contributed by atoms with E-state index in [1.165, 1.54) is 18.2 Å². The fraction of sp³-hybridized carbons (Fsp3) is 0.417. The van der Waals surface area contributed by atoms with Crippen LogP contribution in [0.2, 0.25) is 0 Å². The Labute approximate surface area is 93.3 Å². The molecule has 2 rings (SSSR count). The van der Waals surface area contributed by atoms with Crippen LogP contribution in [-0.4, -0.2) is 17.1 Å². The average Bonchev–Trinajstić information content (AvgIpc) is 2.18. The van der Waals surface area contributed by atoms with Gasteiger partial charge in [0.15, 0.2) is 0 Å². The first-order valence-electron chi connectivity index (χ1n) is 5.36. The molecule has 1 aromatic rings. The van der Waals surface area contributed by atoms with Crippen LogP contribution in [0.1, 0.15) is 30.1 Å². The topological polar surface area (TPSA) is 49.3 Å². The SMILES string of the molecule is CC1CC(Nc2c(F)cccc2C(=O)O)C1. The third-order valence-electron chi connectivity index (χ3n) is 2.97. The summed E-state index contributed by atoms with van der Waals surface area (Å²) in [5, 5.41) is 11.9. The van der Waals surface area contributed by atoms with Gasteiger partial charge in [0.25, 0.3) is 0 Å². The minimum atomic E-state index is -1.10. The third-order valence-corrected chi connectivity index (χ3v) is 2.97. The second-order valence-corrected chi connectivity index (χ2v) is 4.39. The zero-order valence-electron chi connectivity index (χ0n) is 9.03. The number of carboxylic acids is 1. The van der Waals surface area contributed by atoms with E-state index < -0.39 is 11.8 Å². The van der Waals surface area contributed by atoms with Gasteiger partial charge < -0.3 is 10.4 Å². The Morgan fingerprint density at radius 1 is 1.50 bits per heavy atom. The number of hydrogen-bond acceptors (Lipinski definition) is 2. The van der Waals surface area contributed by atoms with Gasteiger partial charge in [0.2, 0.25) is 0 Å². The Morgan fingerprint density at radius 3 is 2.75 bits per heavy atom. The molecule has 0 radical (unpaired) electrons. The van der Waals surface area contributed by atoms with Gasteiger partial charge in [-0.25, -0.2) is 9.18 Å². The van der Waals surface area contributed by atoms with Crippen molar-refractivity contribution in [2.45, 2.75) is 25.8 Å². The van der Waals surface area contributed by atoms with E-state index in [9.17, 15) is 9.18 Å². The first kappa shape index (κ1) is 10.9. The van der Waals surface area contributed by atoms with Crippen molar-refractivity contribution in [1.82, 2.24) is 0 Å². The number of nitrogens with one attached hydrogen (secondary N) is 1. The molecule has 0 amide bonds. The quantitative estimate of drug-likeness (QED) is 0.828. The zero-order chi connectivity index (χ0) is 11.7. The van der Waals surface area contributed by atoms with Crippen molar-refractivity contribution >= 4 is 11.7 Å². The van der Waals surface area contributed by atoms with Crippen LogP contribution in [0, 0.1) is 11.7 Å². The maximum absolute atomic E-state index is 13.5. The molecule has 4 heteroatoms. The summed E-state index contributed by atoms with van der Waals surface area (Å²) in [6, 6.07) is 4.30. The largest absolute Gasteiger partial charge is 0.478 e. The lowest BCUT2D eigenvalue weighted by Crippen LogP contribution is -2.34. The van der Waals surface area contributed by atoms with Crippen molar-refractivity contribution in [2.75, 3.05) is 5.32 Å². The van der Waals surface area contributed by atoms with Crippen molar-refractivity contribution in [3.05, 3.63) is 29.6 Å². The average molecular weight is 223 g/mol. The standard InChI is InChI=1S/C12H14FNO2/c1-7-5-8(6-7)14-11-9(12(15)16)3-2-4-10(11)13/h2-4,7-8,14H,5-6H2,1H3,(H,15,16). The first-order valence-corrected chi connectivity index (χ1v) is 5.36. The molecular formula is C12H14FNO2. The Bertz CT molecular complexity index is 413. The number of para-hydroxylation sites is 1. The Hall–Kier alpha value is -1.58. The van der Waals surface area contributed by atoms with E-state index in [0.29, 0.717) is 5.92 Å². The lowest BCUT2D eigenvalue weighted by molar-refractivity contribution is 0.0697. The molecule has 16 heavy (non-hydrogen) atoms. The fourth-order valence-corrected chi connectivity index (χ4v) is 2.07. The van der Waals surface area contributed by atoms with E-state index in [1.54, 1.807) is 0 Å². The maximum Gasteiger partial charge on any atom is 0.337 e. The highest BCUT2D eigenvalue weighted by molar-refractivity contribution is 5.94. The number of benzene rings is 1. The molecule has 1 aromatic carbocycles. The predicted molar refractivity (Wildman–Crippen MR) is 59.2 cm³/mol. The van der Waals surface area contributed by atoms with Gasteiger partial charge in [-0.05, 0) is 30.9 Å². The van der Waals surface area contributed by atoms with Crippen LogP contribution < -0.4 is 5.32 Å². The normalized spacial score (nSPS) is 23.6. The molecule has 0 spiro atoms. The summed E-state index contributed by atoms with van der Waals surface area (Å²) in [5.41, 5.74) is 0.117. The summed E-state index contributed by atoms with van der Waals surface area (Å²) >= 11 is 0. The summed E-state index contributed by atoms with van der Waals surface area (Å²) in [5.74, 6) is -0.966. The minimum Gasteiger partial charge on any atom is -0.478 e. The van der Waals surface area contributed by atoms with E-state index in [1.807, 2.05) is 0 Å². The van der Waals surface area contributed by atoms with Gasteiger partial charge in [0, 0.05) is 6.04 Å². The highest BCUT2D eigenvalue weighted by Crippen LogP contribution is 2.31. The van der Waals surface area contributed by atoms with Crippen LogP contribution in [0.25, 0.3) is 0 Å². The Kier molecular flexibility index (Phi) is 2.81. The predicted octanol–water partition coefficient (Wildman–Crippen LogP) is 2.73. The maximum atomic E-state index is 13.5. The van der Waals surface area contributed by atoms with Gasteiger partial charge in [-0.15, -0.1) is 0 Å². The van der Waals surface area contributed by atoms with Crippen LogP contribution in [-0.2, 0) is 0 Å². The molecule has 0 heterocycles. The molecule has 0 saturated heterocycles. The van der Waals surface area contributed by atoms with Gasteiger partial charge in [-0.1, -0.05) is 13.0 Å². The molecule has 0 aromatic heterocycles. The van der Waals surface area contributed by atoms with Crippen molar-refractivity contribution < 1.29 is 14.3 Å². The van der Waals surface area contributed by atoms with Crippen molar-refractivity contribution in [2.24, 2.45) is 5.92 Å². The smallest absolute Gasteiger partial charge is 0.337 e. The van der Waals surface area contributed by atoms with Crippen LogP contribution >= 0.6 is 0 Å². The Balaban J connectivity index is 2.21. The number of carboxylic acid groups (broad SMARTS) is 1. The summed E-state index contributed by atoms with van der Waals surface area (Å²) in [4.78, 5) is 10.9. The molecule has 1 saturated carbocycles. The molecule has 1 fully saturated rings. The molecule has 2 N–H and O–H groups in total. The van der Waals surface area contributed by atoms with Crippen LogP contribution in [0.4, 0.5) is 10.1 Å². The number of hydrogen-bond donors (Lipinski definition) is 2. The van der Waals surface area contributed by atoms with Crippen molar-refractivity contribution in [3.63, 3.8) is 0 Å². The Morgan fingerprint density at radius 2 is 2.19 bits per heavy atom. The van der Waals surface area contributed by atoms with Gasteiger partial charge in [0.05, 0.1) is 11.3 Å². The summed E-state index contributed by atoms with van der Waals surface area (Å²) in [6.45, 7) is 2.12. The van der Waals surface area contributed by atoms with Crippen LogP contribution in [0.3, 0.4) is 0 Å². The zero-order valence-corrected chi connectivity index (χ0v) is 9.03. The second kappa shape index (κ2) is 4.12. The van der Waals surface area contributed by atoms with Crippen molar-refractivity contribution in [3.8, 4) is 0 Å². The summed E-state index contributed by atoms with van der Waals surface area (Å²) in [6.07, 6.45) is 1.93. The monoisotopic (exact) mass is 223 g/mol. The van der Waals surface area contributed by atoms with Crippen LogP contribution in [0.15, 0.2) is 18.2 Å². The minimum absolute atomic E-state index is 0.000414. The number of halogens is 1. The number of carbonyl (C=O) groups is 1. The van der Waals surface area contributed by atoms with E-state index in [-0.39, 0.29) is 17.3 Å². The van der Waals surface area contributed by atoms with Gasteiger partial charge in [-0.3, -0.25) is 0 Å².